The summed E-state index contributed by atoms with van der Waals surface area (Å²) in [4.78, 5) is 15.3. The van der Waals surface area contributed by atoms with Crippen LogP contribution in [0.5, 0.6) is 0 Å². The minimum Gasteiger partial charge on any atom is -0.355 e. The summed E-state index contributed by atoms with van der Waals surface area (Å²) in [6.07, 6.45) is 8.47. The molecule has 0 amide bonds. The van der Waals surface area contributed by atoms with E-state index in [-0.39, 0.29) is 5.54 Å². The Morgan fingerprint density at radius 3 is 2.54 bits per heavy atom. The number of nitrogens with zero attached hydrogens (tertiary/aromatic N) is 4. The molecule has 26 heavy (non-hydrogen) atoms. The van der Waals surface area contributed by atoms with Gasteiger partial charge < -0.3 is 15.5 Å². The maximum atomic E-state index is 4.43. The number of hydrogen-bond donors (Lipinski definition) is 2. The van der Waals surface area contributed by atoms with Gasteiger partial charge in [0.15, 0.2) is 5.96 Å². The van der Waals surface area contributed by atoms with Gasteiger partial charge in [0, 0.05) is 30.2 Å². The Morgan fingerprint density at radius 1 is 1.19 bits per heavy atom. The van der Waals surface area contributed by atoms with E-state index in [9.17, 15) is 0 Å². The van der Waals surface area contributed by atoms with Crippen molar-refractivity contribution >= 4 is 17.3 Å². The molecule has 0 atom stereocenters. The molecule has 1 aromatic heterocycles. The van der Waals surface area contributed by atoms with Crippen molar-refractivity contribution < 1.29 is 0 Å². The van der Waals surface area contributed by atoms with E-state index >= 15 is 0 Å². The van der Waals surface area contributed by atoms with Crippen LogP contribution in [0.4, 0.5) is 0 Å². The van der Waals surface area contributed by atoms with Crippen LogP contribution >= 0.6 is 11.3 Å². The fourth-order valence-electron chi connectivity index (χ4n) is 4.12. The fourth-order valence-corrected chi connectivity index (χ4v) is 4.85. The Morgan fingerprint density at radius 2 is 1.92 bits per heavy atom. The number of guanidine groups is 1. The first kappa shape index (κ1) is 19.6. The topological polar surface area (TPSA) is 55.8 Å². The molecule has 3 heterocycles. The molecule has 7 heteroatoms. The zero-order chi connectivity index (χ0) is 18.4. The third-order valence-corrected chi connectivity index (χ3v) is 6.74. The van der Waals surface area contributed by atoms with Crippen LogP contribution in [0.2, 0.25) is 0 Å². The molecule has 3 rings (SSSR count). The van der Waals surface area contributed by atoms with Gasteiger partial charge in [-0.15, -0.1) is 11.3 Å². The molecule has 0 aliphatic carbocycles. The van der Waals surface area contributed by atoms with Crippen molar-refractivity contribution in [2.75, 3.05) is 46.8 Å². The molecule has 0 unspecified atom stereocenters. The van der Waals surface area contributed by atoms with Gasteiger partial charge in [0.25, 0.3) is 0 Å². The van der Waals surface area contributed by atoms with E-state index in [0.29, 0.717) is 0 Å². The number of aromatic nitrogens is 1. The normalized spacial score (nSPS) is 22.3. The molecule has 2 N–H and O–H groups in total. The van der Waals surface area contributed by atoms with Crippen LogP contribution in [0.15, 0.2) is 11.2 Å². The first-order chi connectivity index (χ1) is 12.6. The summed E-state index contributed by atoms with van der Waals surface area (Å²) >= 11 is 1.74. The van der Waals surface area contributed by atoms with Crippen molar-refractivity contribution in [3.8, 4) is 0 Å². The monoisotopic (exact) mass is 378 g/mol. The lowest BCUT2D eigenvalue weighted by Crippen LogP contribution is -2.62. The standard InChI is InChI=1S/C19H34N6S/c1-16-13-21-17(26-16)14-22-18(20-2)23-15-19(7-11-24(3)12-8-19)25-9-5-4-6-10-25/h13H,4-12,14-15H2,1-3H3,(H2,20,22,23). The van der Waals surface area contributed by atoms with Crippen molar-refractivity contribution in [1.82, 2.24) is 25.4 Å². The van der Waals surface area contributed by atoms with Gasteiger partial charge in [0.05, 0.1) is 6.54 Å². The number of likely N-dealkylation sites (tertiary alicyclic amines) is 2. The second-order valence-electron chi connectivity index (χ2n) is 7.72. The number of piperidine rings is 2. The summed E-state index contributed by atoms with van der Waals surface area (Å²) in [6, 6.07) is 0. The van der Waals surface area contributed by atoms with Crippen molar-refractivity contribution in [3.63, 3.8) is 0 Å². The highest BCUT2D eigenvalue weighted by Crippen LogP contribution is 2.30. The summed E-state index contributed by atoms with van der Waals surface area (Å²) in [5.74, 6) is 0.883. The summed E-state index contributed by atoms with van der Waals surface area (Å²) in [5.41, 5.74) is 0.266. The number of rotatable bonds is 5. The maximum absolute atomic E-state index is 4.43. The van der Waals surface area contributed by atoms with E-state index in [1.54, 1.807) is 11.3 Å². The fraction of sp³-hybridized carbons (Fsp3) is 0.789. The number of aliphatic imine (C=N–C) groups is 1. The van der Waals surface area contributed by atoms with E-state index in [4.69, 9.17) is 0 Å². The van der Waals surface area contributed by atoms with Gasteiger partial charge in [0.2, 0.25) is 0 Å². The van der Waals surface area contributed by atoms with Gasteiger partial charge in [-0.25, -0.2) is 4.98 Å². The summed E-state index contributed by atoms with van der Waals surface area (Å²) < 4.78 is 0. The number of thiazole rings is 1. The second-order valence-corrected chi connectivity index (χ2v) is 9.04. The lowest BCUT2D eigenvalue weighted by atomic mass is 9.84. The van der Waals surface area contributed by atoms with Crippen LogP contribution in [-0.2, 0) is 6.54 Å². The van der Waals surface area contributed by atoms with Gasteiger partial charge >= 0.3 is 0 Å². The third-order valence-electron chi connectivity index (χ3n) is 5.83. The van der Waals surface area contributed by atoms with Gasteiger partial charge in [-0.2, -0.15) is 0 Å². The average Bonchev–Trinajstić information content (AvgIpc) is 3.09. The van der Waals surface area contributed by atoms with Crippen molar-refractivity contribution in [2.24, 2.45) is 4.99 Å². The molecule has 2 fully saturated rings. The number of nitrogens with one attached hydrogen (secondary N) is 2. The zero-order valence-electron chi connectivity index (χ0n) is 16.6. The molecule has 0 aromatic carbocycles. The minimum atomic E-state index is 0.266. The largest absolute Gasteiger partial charge is 0.355 e. The van der Waals surface area contributed by atoms with Crippen LogP contribution in [0, 0.1) is 6.92 Å². The molecule has 0 bridgehead atoms. The first-order valence-corrected chi connectivity index (χ1v) is 10.7. The third kappa shape index (κ3) is 4.96. The Balaban J connectivity index is 1.58. The van der Waals surface area contributed by atoms with E-state index in [1.165, 1.54) is 63.2 Å². The molecule has 146 valence electrons. The highest BCUT2D eigenvalue weighted by atomic mass is 32.1. The zero-order valence-corrected chi connectivity index (χ0v) is 17.4. The Labute approximate surface area is 162 Å². The van der Waals surface area contributed by atoms with Crippen LogP contribution < -0.4 is 10.6 Å². The lowest BCUT2D eigenvalue weighted by molar-refractivity contribution is 0.0173. The van der Waals surface area contributed by atoms with Crippen LogP contribution in [-0.4, -0.2) is 73.1 Å². The van der Waals surface area contributed by atoms with Gasteiger partial charge in [-0.05, 0) is 65.8 Å². The molecule has 1 aromatic rings. The predicted octanol–water partition coefficient (Wildman–Crippen LogP) is 2.07. The van der Waals surface area contributed by atoms with Crippen LogP contribution in [0.3, 0.4) is 0 Å². The summed E-state index contributed by atoms with van der Waals surface area (Å²) in [6.45, 7) is 8.66. The lowest BCUT2D eigenvalue weighted by Gasteiger charge is -2.50. The molecular weight excluding hydrogens is 344 g/mol. The Kier molecular flexibility index (Phi) is 6.89. The predicted molar refractivity (Wildman–Crippen MR) is 110 cm³/mol. The molecular formula is C19H34N6S. The number of aryl methyl sites for hydroxylation is 1. The minimum absolute atomic E-state index is 0.266. The van der Waals surface area contributed by atoms with E-state index in [1.807, 2.05) is 13.2 Å². The van der Waals surface area contributed by atoms with Crippen LogP contribution in [0.25, 0.3) is 0 Å². The molecule has 0 radical (unpaired) electrons. The average molecular weight is 379 g/mol. The highest BCUT2D eigenvalue weighted by Gasteiger charge is 2.39. The number of hydrogen-bond acceptors (Lipinski definition) is 5. The molecule has 0 saturated carbocycles. The van der Waals surface area contributed by atoms with Gasteiger partial charge in [-0.1, -0.05) is 6.42 Å². The molecule has 2 aliphatic rings. The second kappa shape index (κ2) is 9.15. The van der Waals surface area contributed by atoms with E-state index in [0.717, 1.165) is 24.1 Å². The smallest absolute Gasteiger partial charge is 0.191 e. The van der Waals surface area contributed by atoms with Crippen molar-refractivity contribution in [1.29, 1.82) is 0 Å². The van der Waals surface area contributed by atoms with Crippen molar-refractivity contribution in [3.05, 3.63) is 16.1 Å². The van der Waals surface area contributed by atoms with Gasteiger partial charge in [0.1, 0.15) is 5.01 Å². The Hall–Kier alpha value is -1.18. The van der Waals surface area contributed by atoms with E-state index in [2.05, 4.69) is 44.4 Å². The molecule has 6 nitrogen and oxygen atoms in total. The molecule has 2 saturated heterocycles. The summed E-state index contributed by atoms with van der Waals surface area (Å²) in [7, 11) is 4.09. The quantitative estimate of drug-likeness (QED) is 0.607. The Bertz CT molecular complexity index is 585. The van der Waals surface area contributed by atoms with Crippen LogP contribution in [0.1, 0.15) is 42.0 Å². The summed E-state index contributed by atoms with van der Waals surface area (Å²) in [5, 5.41) is 8.16. The molecule has 0 spiro atoms. The highest BCUT2D eigenvalue weighted by molar-refractivity contribution is 7.11. The van der Waals surface area contributed by atoms with Gasteiger partial charge in [-0.3, -0.25) is 9.89 Å². The van der Waals surface area contributed by atoms with E-state index < -0.39 is 0 Å². The first-order valence-electron chi connectivity index (χ1n) is 9.91. The SMILES string of the molecule is CN=C(NCc1ncc(C)s1)NCC1(N2CCCCC2)CCN(C)CC1. The molecule has 2 aliphatic heterocycles. The van der Waals surface area contributed by atoms with Crippen molar-refractivity contribution in [2.45, 2.75) is 51.1 Å². The maximum Gasteiger partial charge on any atom is 0.191 e.